The van der Waals surface area contributed by atoms with Gasteiger partial charge in [0.2, 0.25) is 5.89 Å². The highest BCUT2D eigenvalue weighted by atomic mass is 16.4. The van der Waals surface area contributed by atoms with Crippen molar-refractivity contribution in [3.8, 4) is 67.9 Å². The summed E-state index contributed by atoms with van der Waals surface area (Å²) in [6.45, 7) is 0. The summed E-state index contributed by atoms with van der Waals surface area (Å²) in [7, 11) is 0. The summed E-state index contributed by atoms with van der Waals surface area (Å²) in [5.41, 5.74) is 11.3. The van der Waals surface area contributed by atoms with Gasteiger partial charge in [-0.3, -0.25) is 0 Å². The van der Waals surface area contributed by atoms with E-state index in [0.29, 0.717) is 23.4 Å². The van der Waals surface area contributed by atoms with E-state index in [1.807, 2.05) is 103 Å². The van der Waals surface area contributed by atoms with Crippen molar-refractivity contribution in [2.45, 2.75) is 0 Å². The van der Waals surface area contributed by atoms with E-state index in [1.54, 1.807) is 0 Å². The fourth-order valence-electron chi connectivity index (χ4n) is 7.66. The smallest absolute Gasteiger partial charge is 0.227 e. The molecule has 0 aliphatic rings. The van der Waals surface area contributed by atoms with Gasteiger partial charge in [0.1, 0.15) is 16.7 Å². The van der Waals surface area contributed by atoms with E-state index in [1.165, 1.54) is 0 Å². The van der Waals surface area contributed by atoms with Crippen LogP contribution < -0.4 is 0 Å². The molecule has 11 aromatic rings. The maximum Gasteiger partial charge on any atom is 0.227 e. The van der Waals surface area contributed by atoms with Crippen LogP contribution in [0.15, 0.2) is 191 Å². The number of hydrogen-bond acceptors (Lipinski definition) is 6. The Bertz CT molecular complexity index is 3170. The van der Waals surface area contributed by atoms with E-state index in [2.05, 4.69) is 78.9 Å². The van der Waals surface area contributed by atoms with Crippen molar-refractivity contribution in [3.05, 3.63) is 182 Å². The van der Waals surface area contributed by atoms with Crippen LogP contribution in [0.1, 0.15) is 0 Å². The summed E-state index contributed by atoms with van der Waals surface area (Å²) in [5, 5.41) is 4.26. The van der Waals surface area contributed by atoms with Crippen molar-refractivity contribution < 1.29 is 8.83 Å². The molecule has 0 saturated carbocycles. The highest BCUT2D eigenvalue weighted by molar-refractivity contribution is 6.17. The normalized spacial score (nSPS) is 11.6. The first kappa shape index (κ1) is 31.8. The van der Waals surface area contributed by atoms with Crippen LogP contribution in [0.25, 0.3) is 112 Å². The highest BCUT2D eigenvalue weighted by Crippen LogP contribution is 2.41. The van der Waals surface area contributed by atoms with Crippen LogP contribution in [-0.2, 0) is 0 Å². The number of oxazole rings is 1. The molecule has 0 saturated heterocycles. The molecule has 0 atom stereocenters. The van der Waals surface area contributed by atoms with Crippen LogP contribution in [0.5, 0.6) is 0 Å². The molecule has 3 aromatic heterocycles. The fourth-order valence-corrected chi connectivity index (χ4v) is 7.66. The summed E-state index contributed by atoms with van der Waals surface area (Å²) in [5.74, 6) is 2.51. The van der Waals surface area contributed by atoms with E-state index in [-0.39, 0.29) is 0 Å². The predicted octanol–water partition coefficient (Wildman–Crippen LogP) is 13.1. The Kier molecular flexibility index (Phi) is 7.38. The number of nitrogens with zero attached hydrogens (tertiary/aromatic N) is 4. The molecule has 262 valence electrons. The van der Waals surface area contributed by atoms with Crippen LogP contribution in [0.3, 0.4) is 0 Å². The van der Waals surface area contributed by atoms with Gasteiger partial charge in [-0.1, -0.05) is 146 Å². The molecule has 0 spiro atoms. The third-order valence-electron chi connectivity index (χ3n) is 10.4. The van der Waals surface area contributed by atoms with Crippen LogP contribution in [0.2, 0.25) is 0 Å². The fraction of sp³-hybridized carbons (Fsp3) is 0. The lowest BCUT2D eigenvalue weighted by Crippen LogP contribution is -2.00. The maximum atomic E-state index is 6.45. The average molecular weight is 719 g/mol. The molecule has 0 bridgehead atoms. The van der Waals surface area contributed by atoms with Gasteiger partial charge in [-0.2, -0.15) is 0 Å². The third kappa shape index (κ3) is 5.43. The van der Waals surface area contributed by atoms with Crippen LogP contribution >= 0.6 is 0 Å². The molecule has 0 radical (unpaired) electrons. The van der Waals surface area contributed by atoms with Crippen molar-refractivity contribution in [2.24, 2.45) is 0 Å². The Morgan fingerprint density at radius 2 is 0.821 bits per heavy atom. The summed E-state index contributed by atoms with van der Waals surface area (Å²) in [6, 6.07) is 61.9. The van der Waals surface area contributed by atoms with Crippen molar-refractivity contribution in [1.29, 1.82) is 0 Å². The van der Waals surface area contributed by atoms with Crippen LogP contribution in [0, 0.1) is 0 Å². The summed E-state index contributed by atoms with van der Waals surface area (Å²) in [4.78, 5) is 19.5. The van der Waals surface area contributed by atoms with E-state index in [4.69, 9.17) is 28.8 Å². The molecule has 3 heterocycles. The van der Waals surface area contributed by atoms with Crippen molar-refractivity contribution in [2.75, 3.05) is 0 Å². The zero-order valence-electron chi connectivity index (χ0n) is 29.9. The van der Waals surface area contributed by atoms with E-state index in [9.17, 15) is 0 Å². The molecule has 0 unspecified atom stereocenters. The van der Waals surface area contributed by atoms with E-state index >= 15 is 0 Å². The number of aromatic nitrogens is 4. The molecular weight excluding hydrogens is 689 g/mol. The van der Waals surface area contributed by atoms with Gasteiger partial charge in [0.25, 0.3) is 0 Å². The molecule has 0 fully saturated rings. The predicted molar refractivity (Wildman–Crippen MR) is 225 cm³/mol. The zero-order chi connectivity index (χ0) is 37.0. The third-order valence-corrected chi connectivity index (χ3v) is 10.4. The lowest BCUT2D eigenvalue weighted by atomic mass is 9.91. The standard InChI is InChI=1S/C50H30N4O2/c1-4-12-32(13-5-1)47-52-48(33-14-6-2-7-15-33)54-49(53-47)34-22-20-31(21-23-34)37-26-27-38(40-19-11-10-18-39(37)40)36-24-25-41-44(30-36)55-43-29-28-42-46(45(41)43)56-50(51-42)35-16-8-3-9-17-35/h1-30H. The van der Waals surface area contributed by atoms with Gasteiger partial charge in [-0.05, 0) is 69.4 Å². The number of hydrogen-bond donors (Lipinski definition) is 0. The molecule has 11 rings (SSSR count). The minimum absolute atomic E-state index is 0.598. The summed E-state index contributed by atoms with van der Waals surface area (Å²) < 4.78 is 12.8. The lowest BCUT2D eigenvalue weighted by Gasteiger charge is -2.13. The molecule has 8 aromatic carbocycles. The van der Waals surface area contributed by atoms with Gasteiger partial charge in [0.05, 0.1) is 5.39 Å². The van der Waals surface area contributed by atoms with Gasteiger partial charge < -0.3 is 8.83 Å². The Morgan fingerprint density at radius 3 is 1.43 bits per heavy atom. The zero-order valence-corrected chi connectivity index (χ0v) is 29.9. The maximum absolute atomic E-state index is 6.45. The molecule has 6 nitrogen and oxygen atoms in total. The largest absolute Gasteiger partial charge is 0.456 e. The highest BCUT2D eigenvalue weighted by Gasteiger charge is 2.18. The van der Waals surface area contributed by atoms with Crippen molar-refractivity contribution in [3.63, 3.8) is 0 Å². The van der Waals surface area contributed by atoms with Crippen molar-refractivity contribution in [1.82, 2.24) is 19.9 Å². The molecular formula is C50H30N4O2. The Hall–Kier alpha value is -7.70. The van der Waals surface area contributed by atoms with E-state index < -0.39 is 0 Å². The van der Waals surface area contributed by atoms with Crippen LogP contribution in [-0.4, -0.2) is 19.9 Å². The van der Waals surface area contributed by atoms with Gasteiger partial charge in [0, 0.05) is 27.6 Å². The van der Waals surface area contributed by atoms with Gasteiger partial charge in [0.15, 0.2) is 23.1 Å². The summed E-state index contributed by atoms with van der Waals surface area (Å²) in [6.07, 6.45) is 0. The number of furan rings is 1. The SMILES string of the molecule is c1ccc(-c2nc(-c3ccccc3)nc(-c3ccc(-c4ccc(-c5ccc6c(c5)oc5ccc7nc(-c8ccccc8)oc7c56)c5ccccc45)cc3)n2)cc1. The molecule has 0 aliphatic heterocycles. The lowest BCUT2D eigenvalue weighted by molar-refractivity contribution is 0.622. The molecule has 6 heteroatoms. The first-order valence-corrected chi connectivity index (χ1v) is 18.5. The Labute approximate surface area is 321 Å². The minimum Gasteiger partial charge on any atom is -0.456 e. The first-order chi connectivity index (χ1) is 27.7. The minimum atomic E-state index is 0.598. The van der Waals surface area contributed by atoms with E-state index in [0.717, 1.165) is 88.3 Å². The average Bonchev–Trinajstić information content (AvgIpc) is 3.88. The molecule has 56 heavy (non-hydrogen) atoms. The molecule has 0 amide bonds. The number of fused-ring (bicyclic) bond motifs is 6. The van der Waals surface area contributed by atoms with Gasteiger partial charge in [-0.25, -0.2) is 19.9 Å². The number of rotatable bonds is 6. The topological polar surface area (TPSA) is 77.8 Å². The molecule has 0 N–H and O–H groups in total. The summed E-state index contributed by atoms with van der Waals surface area (Å²) >= 11 is 0. The van der Waals surface area contributed by atoms with Gasteiger partial charge >= 0.3 is 0 Å². The Morgan fingerprint density at radius 1 is 0.321 bits per heavy atom. The quantitative estimate of drug-likeness (QED) is 0.170. The second-order valence-electron chi connectivity index (χ2n) is 13.8. The number of benzene rings is 8. The van der Waals surface area contributed by atoms with Gasteiger partial charge in [-0.15, -0.1) is 0 Å². The Balaban J connectivity index is 0.964. The second kappa shape index (κ2) is 13.0. The van der Waals surface area contributed by atoms with Crippen molar-refractivity contribution >= 4 is 43.8 Å². The van der Waals surface area contributed by atoms with Crippen LogP contribution in [0.4, 0.5) is 0 Å². The second-order valence-corrected chi connectivity index (χ2v) is 13.8. The molecule has 0 aliphatic carbocycles. The monoisotopic (exact) mass is 718 g/mol. The first-order valence-electron chi connectivity index (χ1n) is 18.5.